The molecule has 0 aromatic heterocycles. The van der Waals surface area contributed by atoms with Crippen LogP contribution in [0.15, 0.2) is 59.5 Å². The fourth-order valence-electron chi connectivity index (χ4n) is 4.79. The van der Waals surface area contributed by atoms with Gasteiger partial charge in [0.05, 0.1) is 0 Å². The first-order chi connectivity index (χ1) is 19.6. The monoisotopic (exact) mass is 705 g/mol. The number of nitrogens with zero attached hydrogens (tertiary/aromatic N) is 1. The number of aliphatic hydroxyl groups excluding tert-OH is 2. The molecule has 2 fully saturated rings. The van der Waals surface area contributed by atoms with Crippen molar-refractivity contribution in [2.75, 3.05) is 27.0 Å². The molecule has 1 heterocycles. The second-order valence-electron chi connectivity index (χ2n) is 10.4. The van der Waals surface area contributed by atoms with E-state index in [0.29, 0.717) is 10.2 Å². The minimum absolute atomic E-state index is 0.0130. The van der Waals surface area contributed by atoms with E-state index in [1.807, 2.05) is 44.2 Å². The number of fused-ring (bicyclic) bond motifs is 1. The molecule has 228 valence electrons. The van der Waals surface area contributed by atoms with Crippen molar-refractivity contribution in [3.05, 3.63) is 60.2 Å². The Morgan fingerprint density at radius 1 is 1.10 bits per heavy atom. The van der Waals surface area contributed by atoms with Crippen LogP contribution in [-0.4, -0.2) is 90.6 Å². The van der Waals surface area contributed by atoms with Gasteiger partial charge in [-0.2, -0.15) is 0 Å². The van der Waals surface area contributed by atoms with E-state index in [1.165, 1.54) is 23.5 Å². The number of halogens is 1. The fraction of sp³-hybridized carbons (Fsp3) is 0.536. The standard InChI is InChI=1S/C28H38IN2O9S/c1-18(2)15-31(41(35,36)21-11-9-20(37-3)10-12-21)16-23(33)27(29-14-19-7-5-4-6-8-19)30-28(34)40-24-13-22(32)25-26(24)39-17-38-25/h4-12,18,22-27,32-33H,13-17H2,1-3H3,(H,30,34)/q-1/t22?,23?,24-,25?,26?,27?/m0/s1. The van der Waals surface area contributed by atoms with Crippen LogP contribution < -0.4 is 31.3 Å². The van der Waals surface area contributed by atoms with Crippen molar-refractivity contribution in [2.45, 2.75) is 64.2 Å². The van der Waals surface area contributed by atoms with E-state index in [-0.39, 0.29) is 37.1 Å². The summed E-state index contributed by atoms with van der Waals surface area (Å²) in [7, 11) is -2.45. The molecule has 13 heteroatoms. The summed E-state index contributed by atoms with van der Waals surface area (Å²) in [5, 5.41) is 24.4. The van der Waals surface area contributed by atoms with Gasteiger partial charge in [0.2, 0.25) is 0 Å². The molecule has 1 aliphatic carbocycles. The van der Waals surface area contributed by atoms with Crippen molar-refractivity contribution < 1.29 is 63.6 Å². The van der Waals surface area contributed by atoms with Crippen LogP contribution >= 0.6 is 0 Å². The van der Waals surface area contributed by atoms with Gasteiger partial charge < -0.3 is 0 Å². The second kappa shape index (κ2) is 14.4. The quantitative estimate of drug-likeness (QED) is 0.135. The van der Waals surface area contributed by atoms with Gasteiger partial charge in [-0.05, 0) is 0 Å². The normalized spacial score (nSPS) is 23.9. The molecule has 11 nitrogen and oxygen atoms in total. The van der Waals surface area contributed by atoms with Crippen LogP contribution in [-0.2, 0) is 28.7 Å². The first-order valence-corrected chi connectivity index (χ1v) is 17.6. The van der Waals surface area contributed by atoms with Gasteiger partial charge in [-0.1, -0.05) is 0 Å². The number of benzene rings is 2. The Hall–Kier alpha value is -2.01. The van der Waals surface area contributed by atoms with E-state index in [0.717, 1.165) is 5.56 Å². The number of alkyl carbamates (subject to hydrolysis) is 1. The summed E-state index contributed by atoms with van der Waals surface area (Å²) >= 11 is -0.891. The maximum atomic E-state index is 13.6. The van der Waals surface area contributed by atoms with Gasteiger partial charge in [-0.3, -0.25) is 0 Å². The number of carbonyl (C=O) groups is 1. The zero-order valence-electron chi connectivity index (χ0n) is 23.3. The molecule has 0 bridgehead atoms. The number of amides is 1. The van der Waals surface area contributed by atoms with E-state index >= 15 is 0 Å². The van der Waals surface area contributed by atoms with Crippen LogP contribution in [0, 0.1) is 5.92 Å². The molecular weight excluding hydrogens is 667 g/mol. The van der Waals surface area contributed by atoms with Gasteiger partial charge in [-0.25, -0.2) is 0 Å². The first kappa shape index (κ1) is 31.9. The van der Waals surface area contributed by atoms with Gasteiger partial charge in [-0.15, -0.1) is 0 Å². The van der Waals surface area contributed by atoms with Crippen LogP contribution in [0.3, 0.4) is 0 Å². The topological polar surface area (TPSA) is 144 Å². The number of hydrogen-bond acceptors (Lipinski definition) is 9. The molecule has 1 aliphatic heterocycles. The summed E-state index contributed by atoms with van der Waals surface area (Å²) in [5.41, 5.74) is 1.05. The number of ether oxygens (including phenoxy) is 4. The Labute approximate surface area is 251 Å². The average molecular weight is 706 g/mol. The summed E-state index contributed by atoms with van der Waals surface area (Å²) < 4.78 is 50.0. The van der Waals surface area contributed by atoms with Crippen LogP contribution in [0.1, 0.15) is 25.8 Å². The van der Waals surface area contributed by atoms with Gasteiger partial charge in [0, 0.05) is 0 Å². The molecule has 2 aromatic rings. The number of hydrogen-bond donors (Lipinski definition) is 3. The third-order valence-electron chi connectivity index (χ3n) is 6.81. The predicted molar refractivity (Wildman–Crippen MR) is 145 cm³/mol. The predicted octanol–water partition coefficient (Wildman–Crippen LogP) is -1.08. The van der Waals surface area contributed by atoms with Gasteiger partial charge in [0.15, 0.2) is 0 Å². The molecule has 41 heavy (non-hydrogen) atoms. The summed E-state index contributed by atoms with van der Waals surface area (Å²) in [6.07, 6.45) is -4.39. The average Bonchev–Trinajstić information content (AvgIpc) is 3.55. The maximum absolute atomic E-state index is 13.6. The van der Waals surface area contributed by atoms with Crippen LogP contribution in [0.2, 0.25) is 0 Å². The van der Waals surface area contributed by atoms with Gasteiger partial charge in [0.1, 0.15) is 0 Å². The molecule has 5 unspecified atom stereocenters. The van der Waals surface area contributed by atoms with Crippen LogP contribution in [0.4, 0.5) is 4.79 Å². The Morgan fingerprint density at radius 2 is 1.78 bits per heavy atom. The molecule has 6 atom stereocenters. The SMILES string of the molecule is COc1ccc(S(=O)(=O)N(CC(C)C)CC(O)C(NC(=O)O[C@H]2CC(O)C3OCOC32)[I-]Cc2ccccc2)cc1. The van der Waals surface area contributed by atoms with Gasteiger partial charge in [0.25, 0.3) is 0 Å². The van der Waals surface area contributed by atoms with Crippen molar-refractivity contribution in [3.63, 3.8) is 0 Å². The molecule has 4 rings (SSSR count). The summed E-state index contributed by atoms with van der Waals surface area (Å²) in [5.74, 6) is 0.518. The third-order valence-corrected chi connectivity index (χ3v) is 12.1. The van der Waals surface area contributed by atoms with E-state index in [2.05, 4.69) is 5.32 Å². The fourth-order valence-corrected chi connectivity index (χ4v) is 9.20. The summed E-state index contributed by atoms with van der Waals surface area (Å²) in [6, 6.07) is 15.8. The molecule has 2 aromatic carbocycles. The number of nitrogens with one attached hydrogen (secondary N) is 1. The number of alkyl halides is 2. The number of aliphatic hydroxyl groups is 2. The minimum atomic E-state index is -3.95. The zero-order chi connectivity index (χ0) is 29.6. The molecule has 0 spiro atoms. The van der Waals surface area contributed by atoms with E-state index < -0.39 is 71.9 Å². The molecule has 1 amide bonds. The second-order valence-corrected chi connectivity index (χ2v) is 15.3. The van der Waals surface area contributed by atoms with Crippen molar-refractivity contribution >= 4 is 16.1 Å². The summed E-state index contributed by atoms with van der Waals surface area (Å²) in [4.78, 5) is 13.1. The van der Waals surface area contributed by atoms with Crippen molar-refractivity contribution in [2.24, 2.45) is 5.92 Å². The first-order valence-electron chi connectivity index (χ1n) is 13.4. The Bertz CT molecular complexity index is 1230. The Balaban J connectivity index is 1.49. The molecule has 0 radical (unpaired) electrons. The van der Waals surface area contributed by atoms with E-state index in [9.17, 15) is 23.4 Å². The van der Waals surface area contributed by atoms with Crippen molar-refractivity contribution in [3.8, 4) is 5.75 Å². The Morgan fingerprint density at radius 3 is 2.44 bits per heavy atom. The van der Waals surface area contributed by atoms with Gasteiger partial charge >= 0.3 is 252 Å². The summed E-state index contributed by atoms with van der Waals surface area (Å²) in [6.45, 7) is 3.79. The molecule has 2 aliphatic rings. The third kappa shape index (κ3) is 8.30. The molecule has 3 N–H and O–H groups in total. The number of methoxy groups -OCH3 is 1. The molecule has 1 saturated heterocycles. The number of carbonyl (C=O) groups excluding carboxylic acids is 1. The molecule has 1 saturated carbocycles. The van der Waals surface area contributed by atoms with E-state index in [1.54, 1.807) is 12.1 Å². The van der Waals surface area contributed by atoms with E-state index in [4.69, 9.17) is 18.9 Å². The molecular formula is C28H38IN2O9S-. The van der Waals surface area contributed by atoms with Crippen LogP contribution in [0.25, 0.3) is 0 Å². The zero-order valence-corrected chi connectivity index (χ0v) is 26.2. The Kier molecular flexibility index (Phi) is 11.2. The number of rotatable bonds is 13. The number of sulfonamides is 1. The van der Waals surface area contributed by atoms with Crippen molar-refractivity contribution in [1.82, 2.24) is 9.62 Å². The van der Waals surface area contributed by atoms with Crippen LogP contribution in [0.5, 0.6) is 5.75 Å². The van der Waals surface area contributed by atoms with Crippen molar-refractivity contribution in [1.29, 1.82) is 0 Å².